The monoisotopic (exact) mass is 298 g/mol. The molecule has 112 valence electrons. The Morgan fingerprint density at radius 1 is 1.30 bits per heavy atom. The van der Waals surface area contributed by atoms with Gasteiger partial charge in [0.25, 0.3) is 0 Å². The molecule has 1 amide bonds. The Labute approximate surface area is 126 Å². The number of anilines is 1. The third-order valence-electron chi connectivity index (χ3n) is 3.12. The number of benzene rings is 1. The molecule has 1 aromatic carbocycles. The van der Waals surface area contributed by atoms with Crippen LogP contribution in [0.5, 0.6) is 5.75 Å². The Hall–Kier alpha value is -1.26. The van der Waals surface area contributed by atoms with Gasteiger partial charge in [0.1, 0.15) is 5.75 Å². The Morgan fingerprint density at radius 3 is 2.55 bits per heavy atom. The van der Waals surface area contributed by atoms with Crippen LogP contribution >= 0.6 is 12.4 Å². The summed E-state index contributed by atoms with van der Waals surface area (Å²) in [6.45, 7) is 4.91. The lowest BCUT2D eigenvalue weighted by Gasteiger charge is -2.22. The first kappa shape index (κ1) is 16.8. The van der Waals surface area contributed by atoms with Crippen LogP contribution in [0.3, 0.4) is 0 Å². The molecule has 1 aliphatic rings. The summed E-state index contributed by atoms with van der Waals surface area (Å²) in [5.74, 6) is 0.876. The number of hydrogen-bond donors (Lipinski definition) is 2. The van der Waals surface area contributed by atoms with E-state index >= 15 is 0 Å². The summed E-state index contributed by atoms with van der Waals surface area (Å²) in [4.78, 5) is 12.0. The lowest BCUT2D eigenvalue weighted by molar-refractivity contribution is -0.118. The highest BCUT2D eigenvalue weighted by Gasteiger charge is 2.20. The van der Waals surface area contributed by atoms with Crippen LogP contribution in [0, 0.1) is 0 Å². The average molecular weight is 299 g/mol. The largest absolute Gasteiger partial charge is 0.491 e. The van der Waals surface area contributed by atoms with Crippen molar-refractivity contribution in [2.75, 3.05) is 11.9 Å². The fourth-order valence-corrected chi connectivity index (χ4v) is 2.19. The van der Waals surface area contributed by atoms with Crippen molar-refractivity contribution in [2.24, 2.45) is 0 Å². The molecule has 0 spiro atoms. The standard InChI is InChI=1S/C15H22N2O2.ClH/c1-11(2)19-13-8-6-12(7-9-13)17-15(18)14-5-3-4-10-16-14;/h6-9,11,14,16H,3-5,10H2,1-2H3,(H,17,18);1H/t14-;/m1./s1. The van der Waals surface area contributed by atoms with E-state index in [4.69, 9.17) is 4.74 Å². The number of halogens is 1. The van der Waals surface area contributed by atoms with Crippen molar-refractivity contribution in [1.29, 1.82) is 0 Å². The maximum Gasteiger partial charge on any atom is 0.241 e. The summed E-state index contributed by atoms with van der Waals surface area (Å²) in [5, 5.41) is 6.18. The minimum atomic E-state index is -0.0552. The second kappa shape index (κ2) is 8.12. The molecule has 1 fully saturated rings. The predicted octanol–water partition coefficient (Wildman–Crippen LogP) is 2.98. The van der Waals surface area contributed by atoms with E-state index in [2.05, 4.69) is 10.6 Å². The van der Waals surface area contributed by atoms with Gasteiger partial charge in [-0.1, -0.05) is 6.42 Å². The first-order valence-electron chi connectivity index (χ1n) is 6.96. The maximum absolute atomic E-state index is 12.0. The summed E-state index contributed by atoms with van der Waals surface area (Å²) in [5.41, 5.74) is 0.813. The third kappa shape index (κ3) is 5.02. The van der Waals surface area contributed by atoms with Gasteiger partial charge in [-0.05, 0) is 57.5 Å². The van der Waals surface area contributed by atoms with Crippen molar-refractivity contribution in [2.45, 2.75) is 45.3 Å². The number of amides is 1. The lowest BCUT2D eigenvalue weighted by atomic mass is 10.0. The highest BCUT2D eigenvalue weighted by Crippen LogP contribution is 2.17. The fraction of sp³-hybridized carbons (Fsp3) is 0.533. The Balaban J connectivity index is 0.00000200. The molecular weight excluding hydrogens is 276 g/mol. The second-order valence-corrected chi connectivity index (χ2v) is 5.18. The molecule has 4 nitrogen and oxygen atoms in total. The number of carbonyl (C=O) groups excluding carboxylic acids is 1. The molecular formula is C15H23ClN2O2. The van der Waals surface area contributed by atoms with E-state index in [-0.39, 0.29) is 30.5 Å². The molecule has 0 aromatic heterocycles. The van der Waals surface area contributed by atoms with E-state index in [1.54, 1.807) is 0 Å². The van der Waals surface area contributed by atoms with Crippen LogP contribution in [0.15, 0.2) is 24.3 Å². The maximum atomic E-state index is 12.0. The van der Waals surface area contributed by atoms with E-state index in [1.165, 1.54) is 0 Å². The zero-order chi connectivity index (χ0) is 13.7. The van der Waals surface area contributed by atoms with Gasteiger partial charge < -0.3 is 15.4 Å². The van der Waals surface area contributed by atoms with Gasteiger partial charge in [0.2, 0.25) is 5.91 Å². The number of hydrogen-bond acceptors (Lipinski definition) is 3. The highest BCUT2D eigenvalue weighted by molar-refractivity contribution is 5.94. The molecule has 2 N–H and O–H groups in total. The van der Waals surface area contributed by atoms with Gasteiger partial charge in [-0.25, -0.2) is 0 Å². The van der Waals surface area contributed by atoms with Crippen molar-refractivity contribution in [3.8, 4) is 5.75 Å². The van der Waals surface area contributed by atoms with Crippen LogP contribution in [0.25, 0.3) is 0 Å². The molecule has 0 bridgehead atoms. The minimum absolute atomic E-state index is 0. The van der Waals surface area contributed by atoms with Crippen molar-refractivity contribution < 1.29 is 9.53 Å². The van der Waals surface area contributed by atoms with E-state index in [0.717, 1.165) is 37.2 Å². The van der Waals surface area contributed by atoms with E-state index in [0.29, 0.717) is 0 Å². The first-order valence-corrected chi connectivity index (χ1v) is 6.96. The molecule has 2 rings (SSSR count). The summed E-state index contributed by atoms with van der Waals surface area (Å²) >= 11 is 0. The summed E-state index contributed by atoms with van der Waals surface area (Å²) in [7, 11) is 0. The molecule has 0 unspecified atom stereocenters. The smallest absolute Gasteiger partial charge is 0.241 e. The van der Waals surface area contributed by atoms with Crippen LogP contribution < -0.4 is 15.4 Å². The van der Waals surface area contributed by atoms with Gasteiger partial charge in [-0.15, -0.1) is 12.4 Å². The molecule has 0 radical (unpaired) electrons. The summed E-state index contributed by atoms with van der Waals surface area (Å²) < 4.78 is 5.57. The average Bonchev–Trinajstić information content (AvgIpc) is 2.41. The Morgan fingerprint density at radius 2 is 2.00 bits per heavy atom. The summed E-state index contributed by atoms with van der Waals surface area (Å²) in [6, 6.07) is 7.45. The number of piperidine rings is 1. The Kier molecular flexibility index (Phi) is 6.82. The van der Waals surface area contributed by atoms with Crippen molar-refractivity contribution in [1.82, 2.24) is 5.32 Å². The van der Waals surface area contributed by atoms with Gasteiger partial charge in [0.15, 0.2) is 0 Å². The van der Waals surface area contributed by atoms with Gasteiger partial charge >= 0.3 is 0 Å². The second-order valence-electron chi connectivity index (χ2n) is 5.18. The minimum Gasteiger partial charge on any atom is -0.491 e. The van der Waals surface area contributed by atoms with Crippen molar-refractivity contribution in [3.05, 3.63) is 24.3 Å². The lowest BCUT2D eigenvalue weighted by Crippen LogP contribution is -2.43. The number of nitrogens with one attached hydrogen (secondary N) is 2. The number of ether oxygens (including phenoxy) is 1. The number of rotatable bonds is 4. The van der Waals surface area contributed by atoms with Crippen molar-refractivity contribution >= 4 is 24.0 Å². The Bertz CT molecular complexity index is 414. The van der Waals surface area contributed by atoms with Gasteiger partial charge in [0, 0.05) is 5.69 Å². The topological polar surface area (TPSA) is 50.4 Å². The molecule has 0 saturated carbocycles. The molecule has 1 aromatic rings. The highest BCUT2D eigenvalue weighted by atomic mass is 35.5. The van der Waals surface area contributed by atoms with Gasteiger partial charge in [-0.2, -0.15) is 0 Å². The van der Waals surface area contributed by atoms with E-state index in [9.17, 15) is 4.79 Å². The normalized spacial score (nSPS) is 18.2. The fourth-order valence-electron chi connectivity index (χ4n) is 2.19. The van der Waals surface area contributed by atoms with Crippen LogP contribution in [-0.4, -0.2) is 24.6 Å². The zero-order valence-electron chi connectivity index (χ0n) is 12.0. The van der Waals surface area contributed by atoms with Crippen molar-refractivity contribution in [3.63, 3.8) is 0 Å². The third-order valence-corrected chi connectivity index (χ3v) is 3.12. The van der Waals surface area contributed by atoms with Gasteiger partial charge in [0.05, 0.1) is 12.1 Å². The summed E-state index contributed by atoms with van der Waals surface area (Å²) in [6.07, 6.45) is 3.35. The molecule has 1 atom stereocenters. The predicted molar refractivity (Wildman–Crippen MR) is 83.7 cm³/mol. The number of carbonyl (C=O) groups is 1. The molecule has 0 aliphatic carbocycles. The van der Waals surface area contributed by atoms with E-state index in [1.807, 2.05) is 38.1 Å². The SMILES string of the molecule is CC(C)Oc1ccc(NC(=O)[C@H]2CCCCN2)cc1.Cl. The first-order chi connectivity index (χ1) is 9.15. The van der Waals surface area contributed by atoms with Crippen LogP contribution in [0.1, 0.15) is 33.1 Å². The van der Waals surface area contributed by atoms with Crippen LogP contribution in [-0.2, 0) is 4.79 Å². The van der Waals surface area contributed by atoms with Gasteiger partial charge in [-0.3, -0.25) is 4.79 Å². The zero-order valence-corrected chi connectivity index (χ0v) is 12.8. The van der Waals surface area contributed by atoms with Crippen LogP contribution in [0.4, 0.5) is 5.69 Å². The molecule has 1 heterocycles. The van der Waals surface area contributed by atoms with E-state index < -0.39 is 0 Å². The molecule has 5 heteroatoms. The molecule has 1 aliphatic heterocycles. The molecule has 20 heavy (non-hydrogen) atoms. The molecule has 1 saturated heterocycles. The van der Waals surface area contributed by atoms with Crippen LogP contribution in [0.2, 0.25) is 0 Å². The quantitative estimate of drug-likeness (QED) is 0.898.